The summed E-state index contributed by atoms with van der Waals surface area (Å²) < 4.78 is 0. The summed E-state index contributed by atoms with van der Waals surface area (Å²) in [4.78, 5) is 24.9. The smallest absolute Gasteiger partial charge is 0.272 e. The number of rotatable bonds is 5. The van der Waals surface area contributed by atoms with E-state index in [9.17, 15) is 4.79 Å². The predicted octanol–water partition coefficient (Wildman–Crippen LogP) is 1.92. The van der Waals surface area contributed by atoms with Crippen LogP contribution in [0.4, 0.5) is 5.69 Å². The van der Waals surface area contributed by atoms with Crippen LogP contribution in [0, 0.1) is 6.92 Å². The molecule has 0 saturated carbocycles. The van der Waals surface area contributed by atoms with E-state index in [-0.39, 0.29) is 17.5 Å². The second kappa shape index (κ2) is 6.62. The molecule has 0 saturated heterocycles. The summed E-state index contributed by atoms with van der Waals surface area (Å²) in [5, 5.41) is 5.84. The molecule has 0 spiro atoms. The number of hydrogen-bond acceptors (Lipinski definition) is 6. The fourth-order valence-corrected chi connectivity index (χ4v) is 2.42. The van der Waals surface area contributed by atoms with Gasteiger partial charge in [0.25, 0.3) is 5.91 Å². The molecule has 2 heterocycles. The Bertz CT molecular complexity index is 638. The lowest BCUT2D eigenvalue weighted by molar-refractivity contribution is 0.0949. The van der Waals surface area contributed by atoms with E-state index in [2.05, 4.69) is 20.3 Å². The largest absolute Gasteiger partial charge is 0.396 e. The van der Waals surface area contributed by atoms with E-state index in [0.29, 0.717) is 24.5 Å². The third kappa shape index (κ3) is 3.98. The second-order valence-corrected chi connectivity index (χ2v) is 6.11. The van der Waals surface area contributed by atoms with Gasteiger partial charge in [-0.25, -0.2) is 15.0 Å². The van der Waals surface area contributed by atoms with Crippen LogP contribution in [-0.4, -0.2) is 27.4 Å². The maximum Gasteiger partial charge on any atom is 0.272 e. The highest BCUT2D eigenvalue weighted by atomic mass is 32.1. The Morgan fingerprint density at radius 1 is 1.43 bits per heavy atom. The lowest BCUT2D eigenvalue weighted by Gasteiger charge is -2.09. The van der Waals surface area contributed by atoms with Gasteiger partial charge in [0.15, 0.2) is 5.69 Å². The van der Waals surface area contributed by atoms with Gasteiger partial charge in [-0.3, -0.25) is 4.79 Å². The molecule has 3 N–H and O–H groups in total. The number of nitrogens with zero attached hydrogens (tertiary/aromatic N) is 3. The average molecular weight is 305 g/mol. The minimum atomic E-state index is -0.274. The molecule has 1 amide bonds. The van der Waals surface area contributed by atoms with Crippen molar-refractivity contribution in [2.75, 3.05) is 12.3 Å². The van der Waals surface area contributed by atoms with Crippen molar-refractivity contribution >= 4 is 22.9 Å². The van der Waals surface area contributed by atoms with E-state index in [1.807, 2.05) is 26.2 Å². The fourth-order valence-electron chi connectivity index (χ4n) is 1.78. The van der Waals surface area contributed by atoms with Crippen LogP contribution in [0.5, 0.6) is 0 Å². The molecule has 0 bridgehead atoms. The van der Waals surface area contributed by atoms with Crippen LogP contribution in [0.2, 0.25) is 0 Å². The van der Waals surface area contributed by atoms with Gasteiger partial charge in [-0.2, -0.15) is 0 Å². The van der Waals surface area contributed by atoms with Gasteiger partial charge < -0.3 is 11.1 Å². The van der Waals surface area contributed by atoms with Crippen LogP contribution in [0.3, 0.4) is 0 Å². The maximum atomic E-state index is 12.1. The summed E-state index contributed by atoms with van der Waals surface area (Å²) in [6.07, 6.45) is 2.18. The van der Waals surface area contributed by atoms with Gasteiger partial charge in [0.1, 0.15) is 5.82 Å². The molecule has 0 atom stereocenters. The first-order valence-corrected chi connectivity index (χ1v) is 7.67. The number of anilines is 1. The third-order valence-electron chi connectivity index (χ3n) is 2.90. The molecule has 21 heavy (non-hydrogen) atoms. The minimum absolute atomic E-state index is 0.148. The van der Waals surface area contributed by atoms with Crippen molar-refractivity contribution in [2.45, 2.75) is 33.1 Å². The third-order valence-corrected chi connectivity index (χ3v) is 3.72. The van der Waals surface area contributed by atoms with Crippen molar-refractivity contribution in [1.29, 1.82) is 0 Å². The molecule has 2 rings (SSSR count). The van der Waals surface area contributed by atoms with Crippen LogP contribution in [0.1, 0.15) is 46.8 Å². The summed E-state index contributed by atoms with van der Waals surface area (Å²) in [5.41, 5.74) is 7.29. The van der Waals surface area contributed by atoms with Crippen molar-refractivity contribution in [1.82, 2.24) is 20.3 Å². The monoisotopic (exact) mass is 305 g/mol. The molecule has 0 radical (unpaired) electrons. The van der Waals surface area contributed by atoms with Crippen LogP contribution in [0.25, 0.3) is 0 Å². The summed E-state index contributed by atoms with van der Waals surface area (Å²) in [6, 6.07) is 0. The number of carbonyl (C=O) groups excluding carboxylic acids is 1. The zero-order valence-electron chi connectivity index (χ0n) is 12.4. The molecular weight excluding hydrogens is 286 g/mol. The maximum absolute atomic E-state index is 12.1. The molecule has 6 nitrogen and oxygen atoms in total. The van der Waals surface area contributed by atoms with Gasteiger partial charge in [-0.1, -0.05) is 13.8 Å². The summed E-state index contributed by atoms with van der Waals surface area (Å²) in [7, 11) is 0. The Labute approximate surface area is 127 Å². The number of nitrogens with one attached hydrogen (secondary N) is 1. The van der Waals surface area contributed by atoms with Crippen molar-refractivity contribution < 1.29 is 4.79 Å². The Kier molecular flexibility index (Phi) is 4.85. The number of thiazole rings is 1. The Morgan fingerprint density at radius 3 is 2.81 bits per heavy atom. The van der Waals surface area contributed by atoms with Gasteiger partial charge >= 0.3 is 0 Å². The lowest BCUT2D eigenvalue weighted by Crippen LogP contribution is -2.28. The topological polar surface area (TPSA) is 93.8 Å². The molecule has 0 aliphatic heterocycles. The number of aryl methyl sites for hydroxylation is 1. The highest BCUT2D eigenvalue weighted by Gasteiger charge is 2.14. The summed E-state index contributed by atoms with van der Waals surface area (Å²) >= 11 is 1.60. The molecule has 112 valence electrons. The zero-order valence-corrected chi connectivity index (χ0v) is 13.2. The van der Waals surface area contributed by atoms with Crippen LogP contribution >= 0.6 is 11.3 Å². The Morgan fingerprint density at radius 2 is 2.19 bits per heavy atom. The highest BCUT2D eigenvalue weighted by molar-refractivity contribution is 7.09. The first kappa shape index (κ1) is 15.4. The van der Waals surface area contributed by atoms with Crippen LogP contribution in [-0.2, 0) is 6.42 Å². The van der Waals surface area contributed by atoms with Gasteiger partial charge in [0.05, 0.1) is 22.6 Å². The quantitative estimate of drug-likeness (QED) is 0.880. The molecule has 0 aromatic carbocycles. The van der Waals surface area contributed by atoms with Gasteiger partial charge in [-0.05, 0) is 6.92 Å². The lowest BCUT2D eigenvalue weighted by atomic mass is 10.2. The molecule has 0 unspecified atom stereocenters. The average Bonchev–Trinajstić information content (AvgIpc) is 2.84. The van der Waals surface area contributed by atoms with Gasteiger partial charge in [-0.15, -0.1) is 11.3 Å². The molecule has 0 fully saturated rings. The van der Waals surface area contributed by atoms with E-state index < -0.39 is 0 Å². The molecule has 0 aliphatic carbocycles. The predicted molar refractivity (Wildman–Crippen MR) is 83.4 cm³/mol. The van der Waals surface area contributed by atoms with Crippen molar-refractivity contribution in [3.63, 3.8) is 0 Å². The van der Waals surface area contributed by atoms with Gasteiger partial charge in [0, 0.05) is 24.3 Å². The number of aromatic nitrogens is 3. The number of nitrogens with two attached hydrogens (primary N) is 1. The molecule has 0 aliphatic rings. The van der Waals surface area contributed by atoms with Gasteiger partial charge in [0.2, 0.25) is 0 Å². The van der Waals surface area contributed by atoms with Crippen molar-refractivity contribution in [3.8, 4) is 0 Å². The van der Waals surface area contributed by atoms with Crippen LogP contribution < -0.4 is 11.1 Å². The van der Waals surface area contributed by atoms with E-state index in [0.717, 1.165) is 10.7 Å². The zero-order chi connectivity index (χ0) is 15.4. The molecule has 2 aromatic heterocycles. The molecule has 2 aromatic rings. The number of nitrogen functional groups attached to an aromatic ring is 1. The molecule has 7 heteroatoms. The second-order valence-electron chi connectivity index (χ2n) is 5.05. The molecular formula is C14H19N5OS. The van der Waals surface area contributed by atoms with Crippen molar-refractivity contribution in [2.24, 2.45) is 0 Å². The van der Waals surface area contributed by atoms with E-state index >= 15 is 0 Å². The standard InChI is InChI=1S/C14H19N5OS/c1-8(2)13-17-6-11(15)12(19-13)14(20)16-5-4-10-7-21-9(3)18-10/h6-8H,4-5,15H2,1-3H3,(H,16,20). The minimum Gasteiger partial charge on any atom is -0.396 e. The van der Waals surface area contributed by atoms with E-state index in [1.165, 1.54) is 6.20 Å². The normalized spacial score (nSPS) is 10.9. The van der Waals surface area contributed by atoms with E-state index in [4.69, 9.17) is 5.73 Å². The SMILES string of the molecule is Cc1nc(CCNC(=O)c2nc(C(C)C)ncc2N)cs1. The summed E-state index contributed by atoms with van der Waals surface area (Å²) in [6.45, 7) is 6.40. The number of hydrogen-bond donors (Lipinski definition) is 2. The summed E-state index contributed by atoms with van der Waals surface area (Å²) in [5.74, 6) is 0.489. The van der Waals surface area contributed by atoms with Crippen LogP contribution in [0.15, 0.2) is 11.6 Å². The fraction of sp³-hybridized carbons (Fsp3) is 0.429. The highest BCUT2D eigenvalue weighted by Crippen LogP contribution is 2.13. The van der Waals surface area contributed by atoms with Crippen molar-refractivity contribution in [3.05, 3.63) is 33.8 Å². The van der Waals surface area contributed by atoms with E-state index in [1.54, 1.807) is 11.3 Å². The Hall–Kier alpha value is -2.02. The number of carbonyl (C=O) groups is 1. The first-order valence-electron chi connectivity index (χ1n) is 6.79. The first-order chi connectivity index (χ1) is 9.97. The number of amides is 1. The Balaban J connectivity index is 1.98.